The molecule has 3 heterocycles. The van der Waals surface area contributed by atoms with Crippen molar-refractivity contribution in [3.05, 3.63) is 123 Å². The number of fused-ring (bicyclic) bond motifs is 1. The van der Waals surface area contributed by atoms with E-state index in [-0.39, 0.29) is 23.8 Å². The smallest absolute Gasteiger partial charge is 0.253 e. The highest BCUT2D eigenvalue weighted by molar-refractivity contribution is 6.31. The number of carbonyl (C=O) groups is 1. The van der Waals surface area contributed by atoms with Gasteiger partial charge in [0.2, 0.25) is 0 Å². The predicted molar refractivity (Wildman–Crippen MR) is 137 cm³/mol. The predicted octanol–water partition coefficient (Wildman–Crippen LogP) is 4.05. The van der Waals surface area contributed by atoms with Crippen LogP contribution in [0.3, 0.4) is 0 Å². The Balaban J connectivity index is 1.26. The van der Waals surface area contributed by atoms with Gasteiger partial charge < -0.3 is 15.0 Å². The second-order valence-corrected chi connectivity index (χ2v) is 8.87. The molecule has 1 amide bonds. The number of phenolic OH excluding ortho intramolecular Hbond substituents is 1. The van der Waals surface area contributed by atoms with E-state index in [1.807, 2.05) is 18.2 Å². The van der Waals surface area contributed by atoms with Crippen LogP contribution in [0.2, 0.25) is 5.02 Å². The molecule has 0 aliphatic heterocycles. The molecule has 3 N–H and O–H groups in total. The van der Waals surface area contributed by atoms with Crippen LogP contribution in [-0.2, 0) is 19.5 Å². The molecule has 5 rings (SSSR count). The molecule has 2 aromatic carbocycles. The molecule has 0 spiro atoms. The zero-order valence-electron chi connectivity index (χ0n) is 19.1. The molecule has 5 aromatic rings. The fraction of sp³-hybridized carbons (Fsp3) is 0.111. The summed E-state index contributed by atoms with van der Waals surface area (Å²) in [4.78, 5) is 28.9. The lowest BCUT2D eigenvalue weighted by atomic mass is 10.0. The van der Waals surface area contributed by atoms with Crippen LogP contribution >= 0.6 is 11.6 Å². The van der Waals surface area contributed by atoms with Crippen molar-refractivity contribution >= 4 is 28.4 Å². The third kappa shape index (κ3) is 5.13. The Kier molecular flexibility index (Phi) is 6.51. The lowest BCUT2D eigenvalue weighted by Crippen LogP contribution is -2.23. The first-order valence-corrected chi connectivity index (χ1v) is 11.6. The van der Waals surface area contributed by atoms with E-state index in [1.54, 1.807) is 53.4 Å². The average Bonchev–Trinajstić information content (AvgIpc) is 3.28. The number of aromatic amines is 1. The number of hydrogen-bond donors (Lipinski definition) is 3. The minimum Gasteiger partial charge on any atom is -0.508 e. The molecule has 0 bridgehead atoms. The van der Waals surface area contributed by atoms with Gasteiger partial charge in [-0.2, -0.15) is 5.10 Å². The van der Waals surface area contributed by atoms with E-state index >= 15 is 0 Å². The van der Waals surface area contributed by atoms with Crippen molar-refractivity contribution < 1.29 is 9.90 Å². The molecule has 0 atom stereocenters. The summed E-state index contributed by atoms with van der Waals surface area (Å²) in [6.45, 7) is 0.620. The number of nitrogens with zero attached hydrogens (tertiary/aromatic N) is 3. The van der Waals surface area contributed by atoms with Gasteiger partial charge in [0, 0.05) is 41.5 Å². The number of halogens is 1. The summed E-state index contributed by atoms with van der Waals surface area (Å²) in [6.07, 6.45) is 5.27. The van der Waals surface area contributed by atoms with Crippen molar-refractivity contribution in [2.24, 2.45) is 0 Å². The van der Waals surface area contributed by atoms with Gasteiger partial charge in [0.1, 0.15) is 5.75 Å². The van der Waals surface area contributed by atoms with Crippen LogP contribution in [0, 0.1) is 0 Å². The van der Waals surface area contributed by atoms with E-state index in [0.29, 0.717) is 29.1 Å². The maximum Gasteiger partial charge on any atom is 0.253 e. The molecule has 180 valence electrons. The van der Waals surface area contributed by atoms with Crippen molar-refractivity contribution in [3.8, 4) is 5.75 Å². The number of phenols is 1. The van der Waals surface area contributed by atoms with E-state index in [9.17, 15) is 14.7 Å². The SMILES string of the molecule is O=C(NCc1[nH]nc2ccc(Cl)cc12)c1cncc(Cc2ccc(Cn3ccccc3=O)cc2O)c1. The molecule has 36 heavy (non-hydrogen) atoms. The lowest BCUT2D eigenvalue weighted by Gasteiger charge is -2.10. The first kappa shape index (κ1) is 23.3. The highest BCUT2D eigenvalue weighted by Crippen LogP contribution is 2.23. The Morgan fingerprint density at radius 3 is 2.78 bits per heavy atom. The largest absolute Gasteiger partial charge is 0.508 e. The van der Waals surface area contributed by atoms with Crippen molar-refractivity contribution in [1.29, 1.82) is 0 Å². The Morgan fingerprint density at radius 2 is 1.94 bits per heavy atom. The molecule has 8 nitrogen and oxygen atoms in total. The van der Waals surface area contributed by atoms with Gasteiger partial charge in [-0.05, 0) is 53.1 Å². The van der Waals surface area contributed by atoms with Crippen molar-refractivity contribution in [2.75, 3.05) is 0 Å². The van der Waals surface area contributed by atoms with E-state index in [1.165, 1.54) is 12.3 Å². The number of H-pyrrole nitrogens is 1. The van der Waals surface area contributed by atoms with E-state index < -0.39 is 0 Å². The summed E-state index contributed by atoms with van der Waals surface area (Å²) >= 11 is 6.08. The molecule has 0 unspecified atom stereocenters. The summed E-state index contributed by atoms with van der Waals surface area (Å²) < 4.78 is 1.57. The second-order valence-electron chi connectivity index (χ2n) is 8.43. The molecular weight excluding hydrogens is 478 g/mol. The fourth-order valence-electron chi connectivity index (χ4n) is 4.01. The number of amides is 1. The number of aromatic hydroxyl groups is 1. The first-order chi connectivity index (χ1) is 17.5. The molecule has 0 aliphatic carbocycles. The highest BCUT2D eigenvalue weighted by atomic mass is 35.5. The summed E-state index contributed by atoms with van der Waals surface area (Å²) in [5, 5.41) is 22.1. The molecule has 0 radical (unpaired) electrons. The molecule has 9 heteroatoms. The summed E-state index contributed by atoms with van der Waals surface area (Å²) in [7, 11) is 0. The maximum absolute atomic E-state index is 12.8. The standard InChI is InChI=1S/C27H22ClN5O3/c28-21-6-7-23-22(12-21)24(32-31-23)15-30-27(36)20-10-18(13-29-14-20)9-19-5-4-17(11-25(19)34)16-33-8-2-1-3-26(33)35/h1-8,10-14,34H,9,15-16H2,(H,30,36)(H,31,32). The van der Waals surface area contributed by atoms with E-state index in [4.69, 9.17) is 11.6 Å². The molecule has 0 fully saturated rings. The molecular formula is C27H22ClN5O3. The first-order valence-electron chi connectivity index (χ1n) is 11.3. The Labute approximate surface area is 211 Å². The van der Waals surface area contributed by atoms with Gasteiger partial charge in [0.15, 0.2) is 0 Å². The number of carbonyl (C=O) groups excluding carboxylic acids is 1. The Bertz CT molecular complexity index is 1630. The summed E-state index contributed by atoms with van der Waals surface area (Å²) in [5.74, 6) is -0.155. The number of rotatable bonds is 7. The van der Waals surface area contributed by atoms with Crippen molar-refractivity contribution in [3.63, 3.8) is 0 Å². The Morgan fingerprint density at radius 1 is 1.06 bits per heavy atom. The van der Waals surface area contributed by atoms with Crippen LogP contribution in [0.25, 0.3) is 10.9 Å². The third-order valence-corrected chi connectivity index (χ3v) is 6.11. The molecule has 0 saturated carbocycles. The fourth-order valence-corrected chi connectivity index (χ4v) is 4.19. The highest BCUT2D eigenvalue weighted by Gasteiger charge is 2.12. The van der Waals surface area contributed by atoms with Gasteiger partial charge in [-0.15, -0.1) is 0 Å². The van der Waals surface area contributed by atoms with Gasteiger partial charge in [-0.25, -0.2) is 0 Å². The van der Waals surface area contributed by atoms with E-state index in [2.05, 4.69) is 20.5 Å². The van der Waals surface area contributed by atoms with Gasteiger partial charge in [0.25, 0.3) is 11.5 Å². The zero-order chi connectivity index (χ0) is 25.1. The average molecular weight is 500 g/mol. The number of pyridine rings is 2. The normalized spacial score (nSPS) is 11.0. The van der Waals surface area contributed by atoms with Crippen LogP contribution in [0.4, 0.5) is 0 Å². The molecule has 0 saturated heterocycles. The van der Waals surface area contributed by atoms with Gasteiger partial charge in [-0.3, -0.25) is 19.7 Å². The topological polar surface area (TPSA) is 113 Å². The molecule has 0 aliphatic rings. The van der Waals surface area contributed by atoms with Gasteiger partial charge in [0.05, 0.1) is 29.9 Å². The second kappa shape index (κ2) is 10.1. The summed E-state index contributed by atoms with van der Waals surface area (Å²) in [5.41, 5.74) is 4.12. The monoisotopic (exact) mass is 499 g/mol. The van der Waals surface area contributed by atoms with Crippen LogP contribution in [0.15, 0.2) is 84.0 Å². The number of aromatic nitrogens is 4. The third-order valence-electron chi connectivity index (χ3n) is 5.87. The van der Waals surface area contributed by atoms with Gasteiger partial charge in [-0.1, -0.05) is 29.8 Å². The maximum atomic E-state index is 12.8. The number of hydrogen-bond acceptors (Lipinski definition) is 5. The van der Waals surface area contributed by atoms with Crippen LogP contribution in [0.1, 0.15) is 32.7 Å². The zero-order valence-corrected chi connectivity index (χ0v) is 19.9. The quantitative estimate of drug-likeness (QED) is 0.313. The number of nitrogens with one attached hydrogen (secondary N) is 2. The van der Waals surface area contributed by atoms with E-state index in [0.717, 1.165) is 27.7 Å². The minimum atomic E-state index is -0.276. The van der Waals surface area contributed by atoms with Crippen molar-refractivity contribution in [1.82, 2.24) is 25.1 Å². The number of benzene rings is 2. The van der Waals surface area contributed by atoms with Crippen LogP contribution in [-0.4, -0.2) is 30.8 Å². The lowest BCUT2D eigenvalue weighted by molar-refractivity contribution is 0.0950. The summed E-state index contributed by atoms with van der Waals surface area (Å²) in [6, 6.07) is 17.5. The molecule has 3 aromatic heterocycles. The van der Waals surface area contributed by atoms with Crippen LogP contribution in [0.5, 0.6) is 5.75 Å². The van der Waals surface area contributed by atoms with Crippen LogP contribution < -0.4 is 10.9 Å². The Hall–Kier alpha value is -4.43. The minimum absolute atomic E-state index is 0.105. The van der Waals surface area contributed by atoms with Gasteiger partial charge >= 0.3 is 0 Å². The van der Waals surface area contributed by atoms with Crippen molar-refractivity contribution in [2.45, 2.75) is 19.5 Å².